The molecule has 0 saturated carbocycles. The molecule has 0 radical (unpaired) electrons. The Hall–Kier alpha value is -3.06. The number of nitrogens with zero attached hydrogens (tertiary/aromatic N) is 1. The van der Waals surface area contributed by atoms with E-state index in [4.69, 9.17) is 16.3 Å². The average molecular weight is 586 g/mol. The maximum Gasteiger partial charge on any atom is 0.408 e. The largest absolute Gasteiger partial charge is 0.444 e. The van der Waals surface area contributed by atoms with Crippen molar-refractivity contribution in [3.63, 3.8) is 0 Å². The molecule has 7 nitrogen and oxygen atoms in total. The highest BCUT2D eigenvalue weighted by atomic mass is 35.5. The van der Waals surface area contributed by atoms with Crippen molar-refractivity contribution in [1.29, 1.82) is 0 Å². The predicted molar refractivity (Wildman–Crippen MR) is 167 cm³/mol. The maximum absolute atomic E-state index is 14.5. The van der Waals surface area contributed by atoms with Crippen molar-refractivity contribution in [3.8, 4) is 0 Å². The first kappa shape index (κ1) is 34.1. The fourth-order valence-corrected chi connectivity index (χ4v) is 4.97. The standard InChI is InChI=1S/C33H48ClN3O4/c1-9-11-12-15-21-37(31(39)28(22(3)10-2)36-32(40)41-33(6,7)8)29(25-19-14-13-17-23(25)4)30(38)35-27-24(5)18-16-20-26(27)34/h13-14,16-20,22,28-29H,9-12,15,21H2,1-8H3,(H,35,38)(H,36,40). The molecule has 8 heteroatoms. The number of halogens is 1. The molecule has 2 aromatic rings. The van der Waals surface area contributed by atoms with Crippen LogP contribution in [0.15, 0.2) is 42.5 Å². The van der Waals surface area contributed by atoms with Gasteiger partial charge in [-0.2, -0.15) is 0 Å². The van der Waals surface area contributed by atoms with Gasteiger partial charge < -0.3 is 20.3 Å². The lowest BCUT2D eigenvalue weighted by Crippen LogP contribution is -2.55. The van der Waals surface area contributed by atoms with E-state index in [-0.39, 0.29) is 17.7 Å². The van der Waals surface area contributed by atoms with Crippen LogP contribution in [0.3, 0.4) is 0 Å². The third kappa shape index (κ3) is 10.1. The highest BCUT2D eigenvalue weighted by Gasteiger charge is 2.38. The minimum absolute atomic E-state index is 0.195. The topological polar surface area (TPSA) is 87.7 Å². The number of ether oxygens (including phenoxy) is 1. The predicted octanol–water partition coefficient (Wildman–Crippen LogP) is 7.98. The second-order valence-electron chi connectivity index (χ2n) is 11.8. The molecule has 3 amide bonds. The Kier molecular flexibility index (Phi) is 13.2. The number of carbonyl (C=O) groups is 3. The van der Waals surface area contributed by atoms with Crippen molar-refractivity contribution in [2.45, 2.75) is 105 Å². The summed E-state index contributed by atoms with van der Waals surface area (Å²) in [6, 6.07) is 11.2. The van der Waals surface area contributed by atoms with Crippen LogP contribution in [0, 0.1) is 19.8 Å². The highest BCUT2D eigenvalue weighted by molar-refractivity contribution is 6.34. The van der Waals surface area contributed by atoms with Crippen LogP contribution in [0.25, 0.3) is 0 Å². The van der Waals surface area contributed by atoms with Gasteiger partial charge in [0, 0.05) is 6.54 Å². The van der Waals surface area contributed by atoms with Crippen molar-refractivity contribution in [1.82, 2.24) is 10.2 Å². The van der Waals surface area contributed by atoms with E-state index in [9.17, 15) is 14.4 Å². The summed E-state index contributed by atoms with van der Waals surface area (Å²) < 4.78 is 5.51. The molecule has 3 atom stereocenters. The molecule has 2 rings (SSSR count). The first-order valence-electron chi connectivity index (χ1n) is 14.7. The number of aryl methyl sites for hydroxylation is 2. The zero-order chi connectivity index (χ0) is 30.7. The van der Waals surface area contributed by atoms with Gasteiger partial charge in [0.25, 0.3) is 5.91 Å². The molecule has 2 N–H and O–H groups in total. The van der Waals surface area contributed by atoms with Gasteiger partial charge in [0.15, 0.2) is 0 Å². The summed E-state index contributed by atoms with van der Waals surface area (Å²) in [5, 5.41) is 6.27. The molecule has 0 saturated heterocycles. The summed E-state index contributed by atoms with van der Waals surface area (Å²) >= 11 is 6.48. The molecule has 0 aromatic heterocycles. The Morgan fingerprint density at radius 2 is 1.61 bits per heavy atom. The third-order valence-electron chi connectivity index (χ3n) is 7.20. The molecule has 0 heterocycles. The molecule has 226 valence electrons. The lowest BCUT2D eigenvalue weighted by Gasteiger charge is -2.36. The van der Waals surface area contributed by atoms with Gasteiger partial charge in [0.2, 0.25) is 5.91 Å². The number of hydrogen-bond donors (Lipinski definition) is 2. The van der Waals surface area contributed by atoms with E-state index < -0.39 is 23.8 Å². The summed E-state index contributed by atoms with van der Waals surface area (Å²) in [7, 11) is 0. The van der Waals surface area contributed by atoms with Crippen LogP contribution in [0.4, 0.5) is 10.5 Å². The van der Waals surface area contributed by atoms with Crippen molar-refractivity contribution in [2.24, 2.45) is 5.92 Å². The van der Waals surface area contributed by atoms with Gasteiger partial charge in [0.05, 0.1) is 10.7 Å². The van der Waals surface area contributed by atoms with Crippen LogP contribution in [0.1, 0.15) is 96.4 Å². The number of benzene rings is 2. The SMILES string of the molecule is CCCCCCN(C(=O)C(NC(=O)OC(C)(C)C)C(C)CC)C(C(=O)Nc1c(C)cccc1Cl)c1ccccc1C. The van der Waals surface area contributed by atoms with E-state index in [1.54, 1.807) is 31.7 Å². The van der Waals surface area contributed by atoms with E-state index in [2.05, 4.69) is 17.6 Å². The number of rotatable bonds is 13. The van der Waals surface area contributed by atoms with Crippen LogP contribution in [-0.2, 0) is 14.3 Å². The Bertz CT molecular complexity index is 1160. The quantitative estimate of drug-likeness (QED) is 0.233. The van der Waals surface area contributed by atoms with Crippen molar-refractivity contribution in [2.75, 3.05) is 11.9 Å². The monoisotopic (exact) mass is 585 g/mol. The number of nitrogens with one attached hydrogen (secondary N) is 2. The first-order chi connectivity index (χ1) is 19.3. The second-order valence-corrected chi connectivity index (χ2v) is 12.2. The molecule has 3 unspecified atom stereocenters. The molecule has 41 heavy (non-hydrogen) atoms. The molecule has 0 bridgehead atoms. The Morgan fingerprint density at radius 3 is 2.20 bits per heavy atom. The van der Waals surface area contributed by atoms with Gasteiger partial charge in [-0.1, -0.05) is 94.5 Å². The fourth-order valence-electron chi connectivity index (χ4n) is 4.70. The summed E-state index contributed by atoms with van der Waals surface area (Å²) in [6.45, 7) is 15.5. The number of para-hydroxylation sites is 1. The van der Waals surface area contributed by atoms with Crippen molar-refractivity contribution >= 4 is 35.2 Å². The molecular formula is C33H48ClN3O4. The Morgan fingerprint density at radius 1 is 0.951 bits per heavy atom. The fraction of sp³-hybridized carbons (Fsp3) is 0.545. The zero-order valence-corrected chi connectivity index (χ0v) is 26.7. The number of carbonyl (C=O) groups excluding carboxylic acids is 3. The minimum Gasteiger partial charge on any atom is -0.444 e. The van der Waals surface area contributed by atoms with E-state index in [0.29, 0.717) is 23.7 Å². The highest BCUT2D eigenvalue weighted by Crippen LogP contribution is 2.31. The summed E-state index contributed by atoms with van der Waals surface area (Å²) in [4.78, 5) is 43.2. The summed E-state index contributed by atoms with van der Waals surface area (Å²) in [6.07, 6.45) is 3.69. The molecule has 0 aliphatic heterocycles. The average Bonchev–Trinajstić information content (AvgIpc) is 2.90. The molecular weight excluding hydrogens is 538 g/mol. The summed E-state index contributed by atoms with van der Waals surface area (Å²) in [5.74, 6) is -0.875. The van der Waals surface area contributed by atoms with Crippen LogP contribution >= 0.6 is 11.6 Å². The van der Waals surface area contributed by atoms with Gasteiger partial charge in [-0.25, -0.2) is 4.79 Å². The van der Waals surface area contributed by atoms with Crippen LogP contribution < -0.4 is 10.6 Å². The number of unbranched alkanes of at least 4 members (excludes halogenated alkanes) is 3. The van der Waals surface area contributed by atoms with E-state index in [1.165, 1.54) is 0 Å². The molecule has 0 fully saturated rings. The molecule has 0 aliphatic carbocycles. The van der Waals surface area contributed by atoms with Crippen molar-refractivity contribution in [3.05, 3.63) is 64.2 Å². The smallest absolute Gasteiger partial charge is 0.408 e. The molecule has 0 aliphatic rings. The Balaban J connectivity index is 2.61. The lowest BCUT2D eigenvalue weighted by atomic mass is 9.94. The van der Waals surface area contributed by atoms with Crippen LogP contribution in [0.5, 0.6) is 0 Å². The molecule has 2 aromatic carbocycles. The van der Waals surface area contributed by atoms with Gasteiger partial charge in [-0.3, -0.25) is 9.59 Å². The number of alkyl carbamates (subject to hydrolysis) is 1. The van der Waals surface area contributed by atoms with E-state index >= 15 is 0 Å². The van der Waals surface area contributed by atoms with Crippen LogP contribution in [-0.4, -0.2) is 41.0 Å². The van der Waals surface area contributed by atoms with Gasteiger partial charge >= 0.3 is 6.09 Å². The Labute approximate surface area is 251 Å². The van der Waals surface area contributed by atoms with Gasteiger partial charge in [-0.15, -0.1) is 0 Å². The lowest BCUT2D eigenvalue weighted by molar-refractivity contribution is -0.142. The maximum atomic E-state index is 14.5. The van der Waals surface area contributed by atoms with Gasteiger partial charge in [-0.05, 0) is 69.7 Å². The third-order valence-corrected chi connectivity index (χ3v) is 7.52. The minimum atomic E-state index is -0.937. The molecule has 0 spiro atoms. The van der Waals surface area contributed by atoms with Crippen molar-refractivity contribution < 1.29 is 19.1 Å². The zero-order valence-electron chi connectivity index (χ0n) is 26.0. The van der Waals surface area contributed by atoms with Gasteiger partial charge in [0.1, 0.15) is 17.7 Å². The summed E-state index contributed by atoms with van der Waals surface area (Å²) in [5.41, 5.74) is 2.22. The van der Waals surface area contributed by atoms with E-state index in [0.717, 1.165) is 42.4 Å². The number of amides is 3. The first-order valence-corrected chi connectivity index (χ1v) is 15.1. The number of anilines is 1. The number of hydrogen-bond acceptors (Lipinski definition) is 4. The second kappa shape index (κ2) is 15.8. The normalized spacial score (nSPS) is 13.6. The van der Waals surface area contributed by atoms with E-state index in [1.807, 2.05) is 64.1 Å². The van der Waals surface area contributed by atoms with Crippen LogP contribution in [0.2, 0.25) is 5.02 Å².